The highest BCUT2D eigenvalue weighted by molar-refractivity contribution is 5.84. The first-order chi connectivity index (χ1) is 14.2. The minimum atomic E-state index is -0.494. The quantitative estimate of drug-likeness (QED) is 0.487. The summed E-state index contributed by atoms with van der Waals surface area (Å²) in [5.74, 6) is 1.57. The van der Waals surface area contributed by atoms with Crippen LogP contribution < -0.4 is 14.8 Å². The Morgan fingerprint density at radius 1 is 0.966 bits per heavy atom. The molecule has 1 N–H and O–H groups in total. The summed E-state index contributed by atoms with van der Waals surface area (Å²) in [6.45, 7) is 5.20. The van der Waals surface area contributed by atoms with E-state index in [0.29, 0.717) is 19.6 Å². The van der Waals surface area contributed by atoms with Crippen molar-refractivity contribution in [3.8, 4) is 11.5 Å². The van der Waals surface area contributed by atoms with E-state index in [4.69, 9.17) is 9.47 Å². The van der Waals surface area contributed by atoms with Gasteiger partial charge in [0.1, 0.15) is 11.5 Å². The fourth-order valence-electron chi connectivity index (χ4n) is 3.34. The van der Waals surface area contributed by atoms with Gasteiger partial charge in [-0.15, -0.1) is 0 Å². The van der Waals surface area contributed by atoms with Gasteiger partial charge >= 0.3 is 0 Å². The van der Waals surface area contributed by atoms with Gasteiger partial charge in [-0.25, -0.2) is 0 Å². The summed E-state index contributed by atoms with van der Waals surface area (Å²) in [6.07, 6.45) is 1.83. The Morgan fingerprint density at radius 2 is 1.72 bits per heavy atom. The van der Waals surface area contributed by atoms with Crippen LogP contribution in [0.1, 0.15) is 32.3 Å². The first-order valence-corrected chi connectivity index (χ1v) is 10.3. The third-order valence-electron chi connectivity index (χ3n) is 4.86. The number of fused-ring (bicyclic) bond motifs is 1. The zero-order valence-corrected chi connectivity index (χ0v) is 17.2. The minimum absolute atomic E-state index is 0.0706. The third-order valence-corrected chi connectivity index (χ3v) is 4.86. The van der Waals surface area contributed by atoms with E-state index in [1.165, 1.54) is 5.56 Å². The molecule has 1 atom stereocenters. The average Bonchev–Trinajstić information content (AvgIpc) is 2.76. The number of benzene rings is 3. The number of carbonyl (C=O) groups is 1. The van der Waals surface area contributed by atoms with Crippen LogP contribution in [0.15, 0.2) is 66.7 Å². The molecule has 0 fully saturated rings. The van der Waals surface area contributed by atoms with E-state index >= 15 is 0 Å². The lowest BCUT2D eigenvalue weighted by atomic mass is 10.1. The molecule has 0 radical (unpaired) electrons. The van der Waals surface area contributed by atoms with Gasteiger partial charge in [-0.05, 0) is 60.7 Å². The number of para-hydroxylation sites is 1. The molecule has 0 aliphatic heterocycles. The van der Waals surface area contributed by atoms with Gasteiger partial charge in [-0.1, -0.05) is 55.5 Å². The highest BCUT2D eigenvalue weighted by Gasteiger charge is 2.18. The van der Waals surface area contributed by atoms with Gasteiger partial charge in [0.25, 0.3) is 5.91 Å². The van der Waals surface area contributed by atoms with Crippen molar-refractivity contribution in [2.75, 3.05) is 13.2 Å². The molecule has 0 unspecified atom stereocenters. The van der Waals surface area contributed by atoms with E-state index in [2.05, 4.69) is 17.4 Å². The SMILES string of the molecule is CCOc1ccccc1CCCNC(=O)[C@@H](CC)Oc1ccc2ccccc2c1. The second-order valence-corrected chi connectivity index (χ2v) is 6.96. The summed E-state index contributed by atoms with van der Waals surface area (Å²) in [6, 6.07) is 22.1. The van der Waals surface area contributed by atoms with Gasteiger partial charge in [0.2, 0.25) is 0 Å². The molecule has 152 valence electrons. The van der Waals surface area contributed by atoms with E-state index in [9.17, 15) is 4.79 Å². The number of carbonyl (C=O) groups excluding carboxylic acids is 1. The number of nitrogens with one attached hydrogen (secondary N) is 1. The molecule has 1 amide bonds. The lowest BCUT2D eigenvalue weighted by Crippen LogP contribution is -2.38. The molecule has 0 heterocycles. The molecule has 0 saturated carbocycles. The van der Waals surface area contributed by atoms with Gasteiger partial charge < -0.3 is 14.8 Å². The summed E-state index contributed by atoms with van der Waals surface area (Å²) in [5.41, 5.74) is 1.17. The summed E-state index contributed by atoms with van der Waals surface area (Å²) in [7, 11) is 0. The van der Waals surface area contributed by atoms with Crippen molar-refractivity contribution < 1.29 is 14.3 Å². The van der Waals surface area contributed by atoms with Crippen molar-refractivity contribution in [2.45, 2.75) is 39.2 Å². The van der Waals surface area contributed by atoms with Crippen molar-refractivity contribution in [3.63, 3.8) is 0 Å². The molecule has 0 aromatic heterocycles. The Morgan fingerprint density at radius 3 is 2.52 bits per heavy atom. The van der Waals surface area contributed by atoms with Crippen LogP contribution in [0.5, 0.6) is 11.5 Å². The zero-order chi connectivity index (χ0) is 20.5. The second kappa shape index (κ2) is 10.5. The number of aryl methyl sites for hydroxylation is 1. The summed E-state index contributed by atoms with van der Waals surface area (Å²) in [4.78, 5) is 12.6. The maximum absolute atomic E-state index is 12.6. The van der Waals surface area contributed by atoms with E-state index < -0.39 is 6.10 Å². The molecular weight excluding hydrogens is 362 g/mol. The van der Waals surface area contributed by atoms with Crippen LogP contribution in [0.2, 0.25) is 0 Å². The van der Waals surface area contributed by atoms with Gasteiger partial charge in [-0.2, -0.15) is 0 Å². The molecule has 0 saturated heterocycles. The lowest BCUT2D eigenvalue weighted by molar-refractivity contribution is -0.128. The van der Waals surface area contributed by atoms with Crippen molar-refractivity contribution in [2.24, 2.45) is 0 Å². The van der Waals surface area contributed by atoms with Crippen LogP contribution in [0, 0.1) is 0 Å². The predicted octanol–water partition coefficient (Wildman–Crippen LogP) is 5.14. The summed E-state index contributed by atoms with van der Waals surface area (Å²) < 4.78 is 11.6. The Balaban J connectivity index is 1.50. The smallest absolute Gasteiger partial charge is 0.261 e. The van der Waals surface area contributed by atoms with E-state index in [0.717, 1.165) is 35.1 Å². The molecule has 29 heavy (non-hydrogen) atoms. The van der Waals surface area contributed by atoms with Crippen molar-refractivity contribution in [1.82, 2.24) is 5.32 Å². The molecule has 0 spiro atoms. The van der Waals surface area contributed by atoms with Crippen LogP contribution in [0.4, 0.5) is 0 Å². The number of ether oxygens (including phenoxy) is 2. The molecule has 0 aliphatic rings. The number of rotatable bonds is 10. The first kappa shape index (κ1) is 20.7. The second-order valence-electron chi connectivity index (χ2n) is 6.96. The maximum Gasteiger partial charge on any atom is 0.261 e. The van der Waals surface area contributed by atoms with Gasteiger partial charge in [0.15, 0.2) is 6.10 Å². The van der Waals surface area contributed by atoms with Crippen molar-refractivity contribution in [3.05, 3.63) is 72.3 Å². The number of hydrogen-bond acceptors (Lipinski definition) is 3. The molecule has 3 aromatic rings. The standard InChI is InChI=1S/C25H29NO3/c1-3-23(29-22-16-15-19-10-5-6-12-21(19)18-22)25(27)26-17-9-13-20-11-7-8-14-24(20)28-4-2/h5-8,10-12,14-16,18,23H,3-4,9,13,17H2,1-2H3,(H,26,27)/t23-/m1/s1. The Labute approximate surface area is 172 Å². The normalized spacial score (nSPS) is 11.8. The van der Waals surface area contributed by atoms with Crippen LogP contribution in [-0.2, 0) is 11.2 Å². The molecule has 4 heteroatoms. The first-order valence-electron chi connectivity index (χ1n) is 10.3. The fourth-order valence-corrected chi connectivity index (χ4v) is 3.34. The highest BCUT2D eigenvalue weighted by Crippen LogP contribution is 2.22. The Hall–Kier alpha value is -3.01. The van der Waals surface area contributed by atoms with Crippen LogP contribution >= 0.6 is 0 Å². The largest absolute Gasteiger partial charge is 0.494 e. The van der Waals surface area contributed by atoms with E-state index in [1.807, 2.05) is 68.4 Å². The van der Waals surface area contributed by atoms with E-state index in [1.54, 1.807) is 0 Å². The molecule has 3 aromatic carbocycles. The summed E-state index contributed by atoms with van der Waals surface area (Å²) >= 11 is 0. The molecule has 4 nitrogen and oxygen atoms in total. The van der Waals surface area contributed by atoms with Crippen molar-refractivity contribution in [1.29, 1.82) is 0 Å². The molecular formula is C25H29NO3. The topological polar surface area (TPSA) is 47.6 Å². The van der Waals surface area contributed by atoms with Crippen LogP contribution in [0.3, 0.4) is 0 Å². The third kappa shape index (κ3) is 5.74. The summed E-state index contributed by atoms with van der Waals surface area (Å²) in [5, 5.41) is 5.27. The van der Waals surface area contributed by atoms with E-state index in [-0.39, 0.29) is 5.91 Å². The van der Waals surface area contributed by atoms with Crippen LogP contribution in [-0.4, -0.2) is 25.2 Å². The highest BCUT2D eigenvalue weighted by atomic mass is 16.5. The van der Waals surface area contributed by atoms with Crippen LogP contribution in [0.25, 0.3) is 10.8 Å². The average molecular weight is 392 g/mol. The maximum atomic E-state index is 12.6. The monoisotopic (exact) mass is 391 g/mol. The molecule has 3 rings (SSSR count). The van der Waals surface area contributed by atoms with Crippen molar-refractivity contribution >= 4 is 16.7 Å². The fraction of sp³-hybridized carbons (Fsp3) is 0.320. The van der Waals surface area contributed by atoms with Gasteiger partial charge in [0.05, 0.1) is 6.61 Å². The Kier molecular flexibility index (Phi) is 7.51. The minimum Gasteiger partial charge on any atom is -0.494 e. The zero-order valence-electron chi connectivity index (χ0n) is 17.2. The number of hydrogen-bond donors (Lipinski definition) is 1. The lowest BCUT2D eigenvalue weighted by Gasteiger charge is -2.18. The van der Waals surface area contributed by atoms with Gasteiger partial charge in [-0.3, -0.25) is 4.79 Å². The predicted molar refractivity (Wildman–Crippen MR) is 118 cm³/mol. The number of amides is 1. The Bertz CT molecular complexity index is 938. The molecule has 0 bridgehead atoms. The van der Waals surface area contributed by atoms with Gasteiger partial charge in [0, 0.05) is 6.54 Å². The molecule has 0 aliphatic carbocycles.